The lowest BCUT2D eigenvalue weighted by Gasteiger charge is -2.16. The molecular weight excluding hydrogens is 258 g/mol. The molecule has 10 heavy (non-hydrogen) atoms. The Hall–Kier alpha value is -0.0700. The molecule has 0 amide bonds. The van der Waals surface area contributed by atoms with Crippen LogP contribution in [0.5, 0.6) is 0 Å². The Morgan fingerprint density at radius 2 is 2.40 bits per heavy atom. The fraction of sp³-hybridized carbons (Fsp3) is 0.286. The highest BCUT2D eigenvalue weighted by atomic mass is 79.9. The molecule has 0 N–H and O–H groups in total. The minimum atomic E-state index is -0.486. The van der Waals surface area contributed by atoms with Crippen molar-refractivity contribution in [3.63, 3.8) is 0 Å². The highest BCUT2D eigenvalue weighted by molar-refractivity contribution is 9.12. The van der Waals surface area contributed by atoms with E-state index in [-0.39, 0.29) is 0 Å². The van der Waals surface area contributed by atoms with Crippen LogP contribution in [0.1, 0.15) is 6.42 Å². The average molecular weight is 263 g/mol. The molecule has 1 nitrogen and oxygen atoms in total. The molecule has 1 aliphatic rings. The molecule has 3 heteroatoms. The highest BCUT2D eigenvalue weighted by Crippen LogP contribution is 2.32. The van der Waals surface area contributed by atoms with Gasteiger partial charge in [-0.3, -0.25) is 0 Å². The van der Waals surface area contributed by atoms with E-state index in [0.717, 1.165) is 4.48 Å². The lowest BCUT2D eigenvalue weighted by Crippen LogP contribution is -2.15. The Morgan fingerprint density at radius 3 is 2.80 bits per heavy atom. The first kappa shape index (κ1) is 8.03. The van der Waals surface area contributed by atoms with E-state index in [1.54, 1.807) is 0 Å². The molecule has 0 bridgehead atoms. The molecule has 0 aromatic carbocycles. The molecule has 1 atom stereocenters. The van der Waals surface area contributed by atoms with Gasteiger partial charge in [0.2, 0.25) is 0 Å². The fourth-order valence-electron chi connectivity index (χ4n) is 0.745. The lowest BCUT2D eigenvalue weighted by molar-refractivity contribution is 0.906. The van der Waals surface area contributed by atoms with Crippen LogP contribution in [0.4, 0.5) is 0 Å². The molecule has 0 saturated carbocycles. The topological polar surface area (TPSA) is 23.8 Å². The van der Waals surface area contributed by atoms with Crippen molar-refractivity contribution in [2.75, 3.05) is 0 Å². The molecule has 0 saturated heterocycles. The van der Waals surface area contributed by atoms with Gasteiger partial charge in [-0.25, -0.2) is 0 Å². The first-order chi connectivity index (χ1) is 4.66. The first-order valence-electron chi connectivity index (χ1n) is 2.80. The van der Waals surface area contributed by atoms with Crippen LogP contribution in [0.25, 0.3) is 0 Å². The van der Waals surface area contributed by atoms with Gasteiger partial charge in [-0.2, -0.15) is 5.26 Å². The molecule has 0 radical (unpaired) electrons. The smallest absolute Gasteiger partial charge is 0.135 e. The summed E-state index contributed by atoms with van der Waals surface area (Å²) in [4.78, 5) is 0. The molecule has 0 aromatic rings. The molecule has 0 aliphatic heterocycles. The van der Waals surface area contributed by atoms with Crippen molar-refractivity contribution in [3.05, 3.63) is 22.7 Å². The van der Waals surface area contributed by atoms with E-state index in [9.17, 15) is 0 Å². The fourth-order valence-corrected chi connectivity index (χ4v) is 2.17. The van der Waals surface area contributed by atoms with Gasteiger partial charge in [-0.1, -0.05) is 50.1 Å². The molecule has 1 rings (SSSR count). The summed E-state index contributed by atoms with van der Waals surface area (Å²) in [5.74, 6) is 0. The molecular formula is C7H5Br2N. The molecule has 1 aliphatic carbocycles. The number of allylic oxidation sites excluding steroid dienone is 4. The van der Waals surface area contributed by atoms with E-state index in [1.807, 2.05) is 18.2 Å². The third kappa shape index (κ3) is 1.71. The number of hydrogen-bond acceptors (Lipinski definition) is 1. The van der Waals surface area contributed by atoms with Gasteiger partial charge in [-0.05, 0) is 4.48 Å². The molecule has 1 unspecified atom stereocenters. The Balaban J connectivity index is 2.84. The highest BCUT2D eigenvalue weighted by Gasteiger charge is 2.25. The van der Waals surface area contributed by atoms with Crippen LogP contribution < -0.4 is 0 Å². The summed E-state index contributed by atoms with van der Waals surface area (Å²) >= 11 is 6.65. The van der Waals surface area contributed by atoms with E-state index < -0.39 is 4.32 Å². The second-order valence-electron chi connectivity index (χ2n) is 2.12. The molecule has 52 valence electrons. The third-order valence-electron chi connectivity index (χ3n) is 1.25. The molecule has 0 spiro atoms. The van der Waals surface area contributed by atoms with Crippen LogP contribution in [0.3, 0.4) is 0 Å². The lowest BCUT2D eigenvalue weighted by atomic mass is 10.0. The summed E-state index contributed by atoms with van der Waals surface area (Å²) < 4.78 is 0.564. The molecule has 0 aromatic heterocycles. The van der Waals surface area contributed by atoms with Crippen molar-refractivity contribution in [2.45, 2.75) is 10.7 Å². The minimum absolute atomic E-state index is 0.486. The maximum Gasteiger partial charge on any atom is 0.135 e. The van der Waals surface area contributed by atoms with E-state index in [1.165, 1.54) is 0 Å². The number of rotatable bonds is 0. The summed E-state index contributed by atoms with van der Waals surface area (Å²) in [5.41, 5.74) is 0. The van der Waals surface area contributed by atoms with Crippen molar-refractivity contribution in [3.8, 4) is 6.07 Å². The number of halogens is 2. The van der Waals surface area contributed by atoms with E-state index in [0.29, 0.717) is 6.42 Å². The van der Waals surface area contributed by atoms with Crippen LogP contribution >= 0.6 is 31.9 Å². The van der Waals surface area contributed by atoms with Crippen LogP contribution in [-0.2, 0) is 0 Å². The van der Waals surface area contributed by atoms with Crippen molar-refractivity contribution in [1.82, 2.24) is 0 Å². The van der Waals surface area contributed by atoms with Crippen LogP contribution in [0, 0.1) is 11.3 Å². The van der Waals surface area contributed by atoms with E-state index in [2.05, 4.69) is 37.9 Å². The maximum absolute atomic E-state index is 8.67. The summed E-state index contributed by atoms with van der Waals surface area (Å²) in [7, 11) is 0. The van der Waals surface area contributed by atoms with Crippen molar-refractivity contribution < 1.29 is 0 Å². The second-order valence-corrected chi connectivity index (χ2v) is 4.56. The normalized spacial score (nSPS) is 31.1. The Morgan fingerprint density at radius 1 is 1.70 bits per heavy atom. The molecule has 0 fully saturated rings. The monoisotopic (exact) mass is 261 g/mol. The molecule has 0 heterocycles. The summed E-state index contributed by atoms with van der Waals surface area (Å²) in [6.45, 7) is 0. The zero-order chi connectivity index (χ0) is 7.61. The van der Waals surface area contributed by atoms with Gasteiger partial charge >= 0.3 is 0 Å². The van der Waals surface area contributed by atoms with Gasteiger partial charge in [0, 0.05) is 6.42 Å². The maximum atomic E-state index is 8.67. The van der Waals surface area contributed by atoms with Gasteiger partial charge in [-0.15, -0.1) is 0 Å². The van der Waals surface area contributed by atoms with Crippen molar-refractivity contribution in [1.29, 1.82) is 5.26 Å². The SMILES string of the molecule is N#CC1(Br)C=CC=C(Br)C1. The van der Waals surface area contributed by atoms with Gasteiger partial charge in [0.1, 0.15) is 4.32 Å². The quantitative estimate of drug-likeness (QED) is 0.616. The number of nitrogens with zero attached hydrogens (tertiary/aromatic N) is 1. The minimum Gasteiger partial charge on any atom is -0.196 e. The third-order valence-corrected chi connectivity index (χ3v) is 2.52. The van der Waals surface area contributed by atoms with Gasteiger partial charge < -0.3 is 0 Å². The zero-order valence-corrected chi connectivity index (χ0v) is 8.31. The summed E-state index contributed by atoms with van der Waals surface area (Å²) in [6, 6.07) is 2.17. The second kappa shape index (κ2) is 2.89. The number of nitriles is 1. The number of alkyl halides is 1. The number of hydrogen-bond donors (Lipinski definition) is 0. The Kier molecular flexibility index (Phi) is 2.32. The van der Waals surface area contributed by atoms with Gasteiger partial charge in [0.25, 0.3) is 0 Å². The summed E-state index contributed by atoms with van der Waals surface area (Å²) in [5, 5.41) is 8.67. The Bertz CT molecular complexity index is 236. The zero-order valence-electron chi connectivity index (χ0n) is 5.14. The van der Waals surface area contributed by atoms with Crippen molar-refractivity contribution in [2.24, 2.45) is 0 Å². The predicted molar refractivity (Wildman–Crippen MR) is 48.0 cm³/mol. The van der Waals surface area contributed by atoms with Crippen LogP contribution in [0.2, 0.25) is 0 Å². The van der Waals surface area contributed by atoms with E-state index in [4.69, 9.17) is 5.26 Å². The van der Waals surface area contributed by atoms with Gasteiger partial charge in [0.05, 0.1) is 6.07 Å². The van der Waals surface area contributed by atoms with Crippen LogP contribution in [-0.4, -0.2) is 4.32 Å². The predicted octanol–water partition coefficient (Wildman–Crippen LogP) is 2.88. The van der Waals surface area contributed by atoms with Gasteiger partial charge in [0.15, 0.2) is 0 Å². The Labute approximate surface area is 76.7 Å². The largest absolute Gasteiger partial charge is 0.196 e. The first-order valence-corrected chi connectivity index (χ1v) is 4.39. The standard InChI is InChI=1S/C7H5Br2N/c8-6-2-1-3-7(9,4-6)5-10/h1-3H,4H2. The average Bonchev–Trinajstić information content (AvgIpc) is 1.88. The van der Waals surface area contributed by atoms with Crippen LogP contribution in [0.15, 0.2) is 22.7 Å². The van der Waals surface area contributed by atoms with Crippen molar-refractivity contribution >= 4 is 31.9 Å². The van der Waals surface area contributed by atoms with E-state index >= 15 is 0 Å². The summed E-state index contributed by atoms with van der Waals surface area (Å²) in [6.07, 6.45) is 6.36.